The topological polar surface area (TPSA) is 68.5 Å². The van der Waals surface area contributed by atoms with Crippen LogP contribution in [0.2, 0.25) is 0 Å². The number of aryl methyl sites for hydroxylation is 2. The standard InChI is InChI=1S/C20H19NO4/c1-12-8-15(18(24-3)9-13(12)2)11-21-19(22)16-10-14-6-4-5-7-17(14)25-20(16)23/h4-10H,11H2,1-3H3,(H,21,22). The van der Waals surface area contributed by atoms with Crippen molar-refractivity contribution in [3.63, 3.8) is 0 Å². The van der Waals surface area contributed by atoms with Crippen LogP contribution in [0.4, 0.5) is 0 Å². The number of fused-ring (bicyclic) bond motifs is 1. The molecule has 0 atom stereocenters. The molecule has 0 aliphatic carbocycles. The van der Waals surface area contributed by atoms with Gasteiger partial charge in [0, 0.05) is 17.5 Å². The molecule has 0 unspecified atom stereocenters. The van der Waals surface area contributed by atoms with Crippen LogP contribution in [0.3, 0.4) is 0 Å². The first-order valence-corrected chi connectivity index (χ1v) is 7.95. The maximum Gasteiger partial charge on any atom is 0.349 e. The minimum atomic E-state index is -0.650. The van der Waals surface area contributed by atoms with Crippen molar-refractivity contribution in [3.05, 3.63) is 75.1 Å². The third-order valence-corrected chi connectivity index (χ3v) is 4.22. The van der Waals surface area contributed by atoms with Gasteiger partial charge in [0.15, 0.2) is 0 Å². The second-order valence-electron chi connectivity index (χ2n) is 5.92. The lowest BCUT2D eigenvalue weighted by Crippen LogP contribution is -2.28. The van der Waals surface area contributed by atoms with Crippen molar-refractivity contribution in [2.45, 2.75) is 20.4 Å². The molecule has 0 saturated heterocycles. The van der Waals surface area contributed by atoms with Gasteiger partial charge in [0.1, 0.15) is 16.9 Å². The van der Waals surface area contributed by atoms with E-state index in [0.717, 1.165) is 16.7 Å². The lowest BCUT2D eigenvalue weighted by Gasteiger charge is -2.12. The Hall–Kier alpha value is -3.08. The Morgan fingerprint density at radius 1 is 1.12 bits per heavy atom. The van der Waals surface area contributed by atoms with Gasteiger partial charge in [-0.25, -0.2) is 4.79 Å². The summed E-state index contributed by atoms with van der Waals surface area (Å²) in [4.78, 5) is 24.5. The summed E-state index contributed by atoms with van der Waals surface area (Å²) in [7, 11) is 1.59. The van der Waals surface area contributed by atoms with Gasteiger partial charge in [-0.3, -0.25) is 4.79 Å². The Morgan fingerprint density at radius 2 is 1.84 bits per heavy atom. The van der Waals surface area contributed by atoms with E-state index in [-0.39, 0.29) is 12.1 Å². The average Bonchev–Trinajstić information content (AvgIpc) is 2.61. The molecule has 128 valence electrons. The largest absolute Gasteiger partial charge is 0.496 e. The average molecular weight is 337 g/mol. The summed E-state index contributed by atoms with van der Waals surface area (Å²) in [5.74, 6) is 0.230. The number of carbonyl (C=O) groups is 1. The van der Waals surface area contributed by atoms with E-state index in [4.69, 9.17) is 9.15 Å². The molecule has 0 fully saturated rings. The van der Waals surface area contributed by atoms with Crippen molar-refractivity contribution >= 4 is 16.9 Å². The summed E-state index contributed by atoms with van der Waals surface area (Å²) < 4.78 is 10.6. The van der Waals surface area contributed by atoms with Gasteiger partial charge in [0.05, 0.1) is 7.11 Å². The molecule has 5 heteroatoms. The first-order valence-electron chi connectivity index (χ1n) is 7.95. The van der Waals surface area contributed by atoms with Crippen molar-refractivity contribution in [1.29, 1.82) is 0 Å². The lowest BCUT2D eigenvalue weighted by atomic mass is 10.0. The van der Waals surface area contributed by atoms with Crippen LogP contribution in [-0.4, -0.2) is 13.0 Å². The molecule has 0 bridgehead atoms. The summed E-state index contributed by atoms with van der Waals surface area (Å²) in [6.07, 6.45) is 0. The Morgan fingerprint density at radius 3 is 2.60 bits per heavy atom. The number of carbonyl (C=O) groups excluding carboxylic acids is 1. The first-order chi connectivity index (χ1) is 12.0. The van der Waals surface area contributed by atoms with Gasteiger partial charge in [0.25, 0.3) is 5.91 Å². The van der Waals surface area contributed by atoms with Crippen LogP contribution >= 0.6 is 0 Å². The number of amides is 1. The fourth-order valence-electron chi connectivity index (χ4n) is 2.67. The molecule has 2 aromatic carbocycles. The number of hydrogen-bond donors (Lipinski definition) is 1. The van der Waals surface area contributed by atoms with Crippen molar-refractivity contribution in [2.75, 3.05) is 7.11 Å². The molecule has 1 amide bonds. The predicted octanol–water partition coefficient (Wildman–Crippen LogP) is 3.35. The van der Waals surface area contributed by atoms with Gasteiger partial charge in [-0.15, -0.1) is 0 Å². The Kier molecular flexibility index (Phi) is 4.57. The molecule has 1 heterocycles. The Balaban J connectivity index is 1.85. The minimum Gasteiger partial charge on any atom is -0.496 e. The van der Waals surface area contributed by atoms with Gasteiger partial charge in [-0.1, -0.05) is 24.3 Å². The van der Waals surface area contributed by atoms with Crippen molar-refractivity contribution < 1.29 is 13.9 Å². The normalized spacial score (nSPS) is 10.7. The highest BCUT2D eigenvalue weighted by molar-refractivity contribution is 5.96. The van der Waals surface area contributed by atoms with E-state index in [1.807, 2.05) is 32.0 Å². The molecule has 1 N–H and O–H groups in total. The fourth-order valence-corrected chi connectivity index (χ4v) is 2.67. The van der Waals surface area contributed by atoms with E-state index in [1.165, 1.54) is 0 Å². The SMILES string of the molecule is COc1cc(C)c(C)cc1CNC(=O)c1cc2ccccc2oc1=O. The van der Waals surface area contributed by atoms with Crippen molar-refractivity contribution in [2.24, 2.45) is 0 Å². The molecule has 0 saturated carbocycles. The molecule has 25 heavy (non-hydrogen) atoms. The summed E-state index contributed by atoms with van der Waals surface area (Å²) in [6, 6.07) is 12.5. The maximum atomic E-state index is 12.4. The summed E-state index contributed by atoms with van der Waals surface area (Å²) >= 11 is 0. The van der Waals surface area contributed by atoms with Crippen LogP contribution in [0.5, 0.6) is 5.75 Å². The number of ether oxygens (including phenoxy) is 1. The maximum absolute atomic E-state index is 12.4. The molecule has 1 aromatic heterocycles. The summed E-state index contributed by atoms with van der Waals surface area (Å²) in [6.45, 7) is 4.26. The van der Waals surface area contributed by atoms with E-state index in [9.17, 15) is 9.59 Å². The van der Waals surface area contributed by atoms with Gasteiger partial charge in [0.2, 0.25) is 0 Å². The summed E-state index contributed by atoms with van der Waals surface area (Å²) in [5, 5.41) is 3.47. The van der Waals surface area contributed by atoms with E-state index >= 15 is 0 Å². The van der Waals surface area contributed by atoms with Crippen molar-refractivity contribution in [3.8, 4) is 5.75 Å². The third-order valence-electron chi connectivity index (χ3n) is 4.22. The highest BCUT2D eigenvalue weighted by Crippen LogP contribution is 2.23. The van der Waals surface area contributed by atoms with Gasteiger partial charge in [-0.05, 0) is 43.2 Å². The van der Waals surface area contributed by atoms with Crippen LogP contribution in [0, 0.1) is 13.8 Å². The Labute approximate surface area is 145 Å². The number of para-hydroxylation sites is 1. The molecule has 0 spiro atoms. The zero-order valence-corrected chi connectivity index (χ0v) is 14.4. The molecule has 5 nitrogen and oxygen atoms in total. The highest BCUT2D eigenvalue weighted by atomic mass is 16.5. The van der Waals surface area contributed by atoms with Crippen LogP contribution in [0.15, 0.2) is 51.7 Å². The van der Waals surface area contributed by atoms with Gasteiger partial charge >= 0.3 is 5.63 Å². The number of nitrogens with one attached hydrogen (secondary N) is 1. The second-order valence-corrected chi connectivity index (χ2v) is 5.92. The molecule has 0 aliphatic heterocycles. The smallest absolute Gasteiger partial charge is 0.349 e. The van der Waals surface area contributed by atoms with Crippen LogP contribution in [-0.2, 0) is 6.54 Å². The zero-order chi connectivity index (χ0) is 18.0. The van der Waals surface area contributed by atoms with Crippen molar-refractivity contribution in [1.82, 2.24) is 5.32 Å². The molecule has 3 aromatic rings. The number of methoxy groups -OCH3 is 1. The van der Waals surface area contributed by atoms with E-state index < -0.39 is 11.5 Å². The molecular formula is C20H19NO4. The minimum absolute atomic E-state index is 0.0125. The third kappa shape index (κ3) is 3.40. The highest BCUT2D eigenvalue weighted by Gasteiger charge is 2.14. The molecular weight excluding hydrogens is 318 g/mol. The molecule has 0 radical (unpaired) electrons. The first kappa shape index (κ1) is 16.8. The van der Waals surface area contributed by atoms with E-state index in [0.29, 0.717) is 16.7 Å². The van der Waals surface area contributed by atoms with E-state index in [2.05, 4.69) is 5.32 Å². The summed E-state index contributed by atoms with van der Waals surface area (Å²) in [5.41, 5.74) is 2.87. The number of hydrogen-bond acceptors (Lipinski definition) is 4. The Bertz CT molecular complexity index is 1000. The van der Waals surface area contributed by atoms with Crippen LogP contribution < -0.4 is 15.7 Å². The second kappa shape index (κ2) is 6.81. The fraction of sp³-hybridized carbons (Fsp3) is 0.200. The lowest BCUT2D eigenvalue weighted by molar-refractivity contribution is 0.0947. The zero-order valence-electron chi connectivity index (χ0n) is 14.4. The molecule has 0 aliphatic rings. The predicted molar refractivity (Wildman–Crippen MR) is 96.1 cm³/mol. The number of benzene rings is 2. The molecule has 3 rings (SSSR count). The van der Waals surface area contributed by atoms with Gasteiger partial charge < -0.3 is 14.5 Å². The van der Waals surface area contributed by atoms with Crippen LogP contribution in [0.1, 0.15) is 27.0 Å². The monoisotopic (exact) mass is 337 g/mol. The van der Waals surface area contributed by atoms with Gasteiger partial charge in [-0.2, -0.15) is 0 Å². The van der Waals surface area contributed by atoms with E-state index in [1.54, 1.807) is 31.4 Å². The van der Waals surface area contributed by atoms with Crippen LogP contribution in [0.25, 0.3) is 11.0 Å². The number of rotatable bonds is 4. The quantitative estimate of drug-likeness (QED) is 0.741.